The summed E-state index contributed by atoms with van der Waals surface area (Å²) < 4.78 is 1.82. The molecule has 5 nitrogen and oxygen atoms in total. The second-order valence-corrected chi connectivity index (χ2v) is 5.84. The summed E-state index contributed by atoms with van der Waals surface area (Å²) in [6.07, 6.45) is 3.51. The summed E-state index contributed by atoms with van der Waals surface area (Å²) in [5.74, 6) is 0.0339. The SMILES string of the molecule is CCC(C)NC(=O)Cn1nc(C)c(CNC2CC2)c1C. The number of hydrogen-bond acceptors (Lipinski definition) is 3. The molecule has 0 radical (unpaired) electrons. The molecule has 5 heteroatoms. The van der Waals surface area contributed by atoms with Crippen molar-refractivity contribution >= 4 is 5.91 Å². The zero-order valence-electron chi connectivity index (χ0n) is 13.0. The molecule has 0 aliphatic heterocycles. The third kappa shape index (κ3) is 3.82. The monoisotopic (exact) mass is 278 g/mol. The van der Waals surface area contributed by atoms with Crippen LogP contribution in [-0.4, -0.2) is 27.8 Å². The molecule has 2 N–H and O–H groups in total. The average Bonchev–Trinajstić information content (AvgIpc) is 3.17. The van der Waals surface area contributed by atoms with E-state index in [1.807, 2.05) is 25.5 Å². The van der Waals surface area contributed by atoms with Gasteiger partial charge in [-0.15, -0.1) is 0 Å². The van der Waals surface area contributed by atoms with Crippen molar-refractivity contribution in [2.75, 3.05) is 0 Å². The van der Waals surface area contributed by atoms with Crippen LogP contribution in [0.2, 0.25) is 0 Å². The molecule has 0 bridgehead atoms. The van der Waals surface area contributed by atoms with Crippen LogP contribution in [0.5, 0.6) is 0 Å². The minimum Gasteiger partial charge on any atom is -0.352 e. The van der Waals surface area contributed by atoms with Crippen molar-refractivity contribution in [1.82, 2.24) is 20.4 Å². The molecule has 0 aromatic carbocycles. The van der Waals surface area contributed by atoms with Crippen molar-refractivity contribution in [3.8, 4) is 0 Å². The van der Waals surface area contributed by atoms with E-state index in [1.165, 1.54) is 18.4 Å². The maximum atomic E-state index is 11.9. The predicted octanol–water partition coefficient (Wildman–Crippen LogP) is 1.67. The molecule has 1 aliphatic rings. The van der Waals surface area contributed by atoms with Crippen molar-refractivity contribution in [2.24, 2.45) is 0 Å². The number of carbonyl (C=O) groups is 1. The van der Waals surface area contributed by atoms with Crippen LogP contribution in [0.4, 0.5) is 0 Å². The van der Waals surface area contributed by atoms with Gasteiger partial charge in [-0.2, -0.15) is 5.10 Å². The minimum absolute atomic E-state index is 0.0339. The standard InChI is InChI=1S/C15H26N4O/c1-5-10(2)17-15(20)9-19-12(4)14(11(3)18-19)8-16-13-6-7-13/h10,13,16H,5-9H2,1-4H3,(H,17,20). The smallest absolute Gasteiger partial charge is 0.241 e. The third-order valence-corrected chi connectivity index (χ3v) is 3.99. The molecular formula is C15H26N4O. The lowest BCUT2D eigenvalue weighted by Crippen LogP contribution is -2.35. The number of aromatic nitrogens is 2. The van der Waals surface area contributed by atoms with Crippen LogP contribution in [0, 0.1) is 13.8 Å². The molecule has 1 aromatic heterocycles. The number of carbonyl (C=O) groups excluding carboxylic acids is 1. The van der Waals surface area contributed by atoms with Crippen molar-refractivity contribution < 1.29 is 4.79 Å². The molecule has 0 spiro atoms. The Labute approximate surface area is 121 Å². The lowest BCUT2D eigenvalue weighted by Gasteiger charge is -2.12. The van der Waals surface area contributed by atoms with Gasteiger partial charge < -0.3 is 10.6 Å². The van der Waals surface area contributed by atoms with Crippen molar-refractivity contribution in [3.05, 3.63) is 17.0 Å². The van der Waals surface area contributed by atoms with E-state index < -0.39 is 0 Å². The van der Waals surface area contributed by atoms with E-state index in [-0.39, 0.29) is 11.9 Å². The summed E-state index contributed by atoms with van der Waals surface area (Å²) in [6, 6.07) is 0.904. The van der Waals surface area contributed by atoms with Gasteiger partial charge in [0.05, 0.1) is 5.69 Å². The second kappa shape index (κ2) is 6.39. The fraction of sp³-hybridized carbons (Fsp3) is 0.733. The Morgan fingerprint density at radius 3 is 2.75 bits per heavy atom. The number of rotatable bonds is 7. The molecule has 1 heterocycles. The highest BCUT2D eigenvalue weighted by Gasteiger charge is 2.22. The van der Waals surface area contributed by atoms with E-state index in [9.17, 15) is 4.79 Å². The first-order chi connectivity index (χ1) is 9.51. The fourth-order valence-corrected chi connectivity index (χ4v) is 2.24. The normalized spacial score (nSPS) is 16.2. The summed E-state index contributed by atoms with van der Waals surface area (Å²) in [4.78, 5) is 11.9. The lowest BCUT2D eigenvalue weighted by molar-refractivity contribution is -0.122. The molecule has 1 atom stereocenters. The van der Waals surface area contributed by atoms with E-state index in [0.29, 0.717) is 12.6 Å². The first-order valence-electron chi connectivity index (χ1n) is 7.56. The van der Waals surface area contributed by atoms with Gasteiger partial charge >= 0.3 is 0 Å². The first-order valence-corrected chi connectivity index (χ1v) is 7.56. The van der Waals surface area contributed by atoms with Gasteiger partial charge in [0, 0.05) is 29.9 Å². The van der Waals surface area contributed by atoms with E-state index in [2.05, 4.69) is 22.7 Å². The van der Waals surface area contributed by atoms with Gasteiger partial charge in [0.15, 0.2) is 0 Å². The van der Waals surface area contributed by atoms with Gasteiger partial charge in [-0.1, -0.05) is 6.92 Å². The van der Waals surface area contributed by atoms with Crippen LogP contribution < -0.4 is 10.6 Å². The molecule has 1 aliphatic carbocycles. The molecule has 1 aromatic rings. The van der Waals surface area contributed by atoms with Gasteiger partial charge in [0.25, 0.3) is 0 Å². The Bertz CT molecular complexity index is 476. The highest BCUT2D eigenvalue weighted by atomic mass is 16.2. The maximum absolute atomic E-state index is 11.9. The summed E-state index contributed by atoms with van der Waals surface area (Å²) in [7, 11) is 0. The van der Waals surface area contributed by atoms with Crippen molar-refractivity contribution in [2.45, 2.75) is 72.1 Å². The Hall–Kier alpha value is -1.36. The van der Waals surface area contributed by atoms with Crippen LogP contribution >= 0.6 is 0 Å². The van der Waals surface area contributed by atoms with Crippen LogP contribution in [0.3, 0.4) is 0 Å². The maximum Gasteiger partial charge on any atom is 0.241 e. The van der Waals surface area contributed by atoms with Crippen LogP contribution in [0.15, 0.2) is 0 Å². The minimum atomic E-state index is 0.0339. The Morgan fingerprint density at radius 1 is 1.45 bits per heavy atom. The highest BCUT2D eigenvalue weighted by Crippen LogP contribution is 2.21. The topological polar surface area (TPSA) is 59.0 Å². The van der Waals surface area contributed by atoms with Gasteiger partial charge in [-0.25, -0.2) is 0 Å². The summed E-state index contributed by atoms with van der Waals surface area (Å²) >= 11 is 0. The second-order valence-electron chi connectivity index (χ2n) is 5.84. The van der Waals surface area contributed by atoms with Gasteiger partial charge in [0.1, 0.15) is 6.54 Å². The van der Waals surface area contributed by atoms with Gasteiger partial charge in [0.2, 0.25) is 5.91 Å². The first kappa shape index (κ1) is 15.0. The molecular weight excluding hydrogens is 252 g/mol. The van der Waals surface area contributed by atoms with Gasteiger partial charge in [-0.3, -0.25) is 9.48 Å². The largest absolute Gasteiger partial charge is 0.352 e. The predicted molar refractivity (Wildman–Crippen MR) is 79.5 cm³/mol. The number of amides is 1. The molecule has 1 saturated carbocycles. The van der Waals surface area contributed by atoms with E-state index in [0.717, 1.165) is 24.4 Å². The van der Waals surface area contributed by atoms with E-state index in [4.69, 9.17) is 0 Å². The number of nitrogens with zero attached hydrogens (tertiary/aromatic N) is 2. The summed E-state index contributed by atoms with van der Waals surface area (Å²) in [5, 5.41) is 11.0. The van der Waals surface area contributed by atoms with Crippen molar-refractivity contribution in [1.29, 1.82) is 0 Å². The summed E-state index contributed by atoms with van der Waals surface area (Å²) in [5.41, 5.74) is 3.34. The Balaban J connectivity index is 1.97. The Kier molecular flexibility index (Phi) is 4.81. The number of hydrogen-bond donors (Lipinski definition) is 2. The van der Waals surface area contributed by atoms with Crippen LogP contribution in [0.25, 0.3) is 0 Å². The molecule has 1 fully saturated rings. The lowest BCUT2D eigenvalue weighted by atomic mass is 10.2. The number of nitrogens with one attached hydrogen (secondary N) is 2. The van der Waals surface area contributed by atoms with E-state index >= 15 is 0 Å². The van der Waals surface area contributed by atoms with E-state index in [1.54, 1.807) is 0 Å². The highest BCUT2D eigenvalue weighted by molar-refractivity contribution is 5.76. The molecule has 1 unspecified atom stereocenters. The zero-order valence-corrected chi connectivity index (χ0v) is 13.0. The molecule has 2 rings (SSSR count). The van der Waals surface area contributed by atoms with Crippen LogP contribution in [0.1, 0.15) is 50.1 Å². The fourth-order valence-electron chi connectivity index (χ4n) is 2.24. The Morgan fingerprint density at radius 2 is 2.15 bits per heavy atom. The quantitative estimate of drug-likeness (QED) is 0.797. The zero-order chi connectivity index (χ0) is 14.7. The molecule has 0 saturated heterocycles. The average molecular weight is 278 g/mol. The third-order valence-electron chi connectivity index (χ3n) is 3.99. The molecule has 1 amide bonds. The van der Waals surface area contributed by atoms with Crippen molar-refractivity contribution in [3.63, 3.8) is 0 Å². The molecule has 20 heavy (non-hydrogen) atoms. The number of aryl methyl sites for hydroxylation is 1. The summed E-state index contributed by atoms with van der Waals surface area (Å²) in [6.45, 7) is 9.30. The van der Waals surface area contributed by atoms with Gasteiger partial charge in [-0.05, 0) is 40.0 Å². The molecule has 112 valence electrons. The van der Waals surface area contributed by atoms with Crippen LogP contribution in [-0.2, 0) is 17.9 Å².